The maximum Gasteiger partial charge on any atom is 0.264 e. The molecule has 1 aromatic rings. The molecule has 0 aliphatic carbocycles. The second kappa shape index (κ2) is 4.46. The summed E-state index contributed by atoms with van der Waals surface area (Å²) in [5.74, 6) is 0.467. The van der Waals surface area contributed by atoms with Gasteiger partial charge in [-0.15, -0.1) is 0 Å². The minimum atomic E-state index is -2.58. The second-order valence-electron chi connectivity index (χ2n) is 2.54. The summed E-state index contributed by atoms with van der Waals surface area (Å²) in [5.41, 5.74) is -0.187. The number of benzene rings is 1. The molecule has 0 aliphatic rings. The van der Waals surface area contributed by atoms with Crippen LogP contribution in [0, 0.1) is 0 Å². The highest BCUT2D eigenvalue weighted by molar-refractivity contribution is 6.32. The van der Waals surface area contributed by atoms with E-state index in [1.165, 1.54) is 20.3 Å². The smallest absolute Gasteiger partial charge is 0.264 e. The Kier molecular flexibility index (Phi) is 3.52. The molecule has 0 saturated carbocycles. The van der Waals surface area contributed by atoms with E-state index in [-0.39, 0.29) is 22.1 Å². The summed E-state index contributed by atoms with van der Waals surface area (Å²) >= 11 is 5.72. The zero-order valence-electron chi connectivity index (χ0n) is 7.68. The van der Waals surface area contributed by atoms with Gasteiger partial charge in [-0.25, -0.2) is 8.78 Å². The molecule has 1 aromatic carbocycles. The molecule has 1 rings (SSSR count). The monoisotopic (exact) mass is 222 g/mol. The van der Waals surface area contributed by atoms with Crippen molar-refractivity contribution in [1.29, 1.82) is 0 Å². The molecule has 14 heavy (non-hydrogen) atoms. The highest BCUT2D eigenvalue weighted by Gasteiger charge is 2.15. The number of hydrogen-bond donors (Lipinski definition) is 0. The van der Waals surface area contributed by atoms with Crippen LogP contribution in [0.3, 0.4) is 0 Å². The van der Waals surface area contributed by atoms with Gasteiger partial charge in [-0.1, -0.05) is 11.6 Å². The Morgan fingerprint density at radius 1 is 1.21 bits per heavy atom. The number of alkyl halides is 2. The lowest BCUT2D eigenvalue weighted by Gasteiger charge is -2.11. The first-order valence-electron chi connectivity index (χ1n) is 3.79. The van der Waals surface area contributed by atoms with Gasteiger partial charge in [0.05, 0.1) is 19.2 Å². The summed E-state index contributed by atoms with van der Waals surface area (Å²) in [6.07, 6.45) is -2.58. The van der Waals surface area contributed by atoms with E-state index in [0.717, 1.165) is 6.07 Å². The predicted molar refractivity (Wildman–Crippen MR) is 49.5 cm³/mol. The molecular formula is C9H9ClF2O2. The number of rotatable bonds is 3. The van der Waals surface area contributed by atoms with Gasteiger partial charge in [0.15, 0.2) is 11.5 Å². The van der Waals surface area contributed by atoms with E-state index >= 15 is 0 Å². The van der Waals surface area contributed by atoms with E-state index < -0.39 is 6.43 Å². The molecule has 0 aromatic heterocycles. The normalized spacial score (nSPS) is 10.4. The van der Waals surface area contributed by atoms with Crippen LogP contribution in [0.15, 0.2) is 12.1 Å². The molecule has 0 N–H and O–H groups in total. The summed E-state index contributed by atoms with van der Waals surface area (Å²) in [6.45, 7) is 0. The number of ether oxygens (including phenoxy) is 2. The van der Waals surface area contributed by atoms with Gasteiger partial charge in [0, 0.05) is 5.56 Å². The highest BCUT2D eigenvalue weighted by atomic mass is 35.5. The first-order chi connectivity index (χ1) is 6.60. The molecule has 0 atom stereocenters. The number of methoxy groups -OCH3 is 2. The van der Waals surface area contributed by atoms with Gasteiger partial charge in [-0.2, -0.15) is 0 Å². The molecule has 2 nitrogen and oxygen atoms in total. The van der Waals surface area contributed by atoms with Crippen molar-refractivity contribution in [2.75, 3.05) is 14.2 Å². The maximum atomic E-state index is 12.3. The van der Waals surface area contributed by atoms with Crippen molar-refractivity contribution in [2.45, 2.75) is 6.43 Å². The second-order valence-corrected chi connectivity index (χ2v) is 2.95. The lowest BCUT2D eigenvalue weighted by molar-refractivity contribution is 0.151. The molecule has 0 heterocycles. The maximum absolute atomic E-state index is 12.3. The summed E-state index contributed by atoms with van der Waals surface area (Å²) < 4.78 is 34.5. The Morgan fingerprint density at radius 3 is 2.29 bits per heavy atom. The fourth-order valence-corrected chi connectivity index (χ4v) is 1.36. The fourth-order valence-electron chi connectivity index (χ4n) is 1.06. The van der Waals surface area contributed by atoms with Crippen molar-refractivity contribution in [1.82, 2.24) is 0 Å². The Hall–Kier alpha value is -1.03. The molecule has 0 radical (unpaired) electrons. The van der Waals surface area contributed by atoms with Crippen LogP contribution in [0.2, 0.25) is 5.02 Å². The molecular weight excluding hydrogens is 214 g/mol. The van der Waals surface area contributed by atoms with Gasteiger partial charge in [-0.05, 0) is 12.1 Å². The fraction of sp³-hybridized carbons (Fsp3) is 0.333. The third kappa shape index (κ3) is 2.07. The van der Waals surface area contributed by atoms with Crippen LogP contribution in [0.1, 0.15) is 12.0 Å². The van der Waals surface area contributed by atoms with Crippen molar-refractivity contribution in [3.63, 3.8) is 0 Å². The van der Waals surface area contributed by atoms with Crippen LogP contribution in [0.5, 0.6) is 11.5 Å². The van der Waals surface area contributed by atoms with Crippen LogP contribution in [-0.4, -0.2) is 14.2 Å². The summed E-state index contributed by atoms with van der Waals surface area (Å²) in [4.78, 5) is 0. The lowest BCUT2D eigenvalue weighted by Crippen LogP contribution is -1.94. The lowest BCUT2D eigenvalue weighted by atomic mass is 10.2. The van der Waals surface area contributed by atoms with Crippen LogP contribution in [-0.2, 0) is 0 Å². The van der Waals surface area contributed by atoms with Crippen molar-refractivity contribution in [2.24, 2.45) is 0 Å². The summed E-state index contributed by atoms with van der Waals surface area (Å²) in [7, 11) is 2.76. The van der Waals surface area contributed by atoms with Gasteiger partial charge in [-0.3, -0.25) is 0 Å². The van der Waals surface area contributed by atoms with Crippen molar-refractivity contribution < 1.29 is 18.3 Å². The molecule has 0 aliphatic heterocycles. The minimum absolute atomic E-state index is 0.113. The first kappa shape index (κ1) is 11.0. The Labute approximate surface area is 85.4 Å². The van der Waals surface area contributed by atoms with Gasteiger partial charge in [0.2, 0.25) is 0 Å². The van der Waals surface area contributed by atoms with E-state index in [9.17, 15) is 8.78 Å². The molecule has 0 saturated heterocycles. The zero-order chi connectivity index (χ0) is 10.7. The van der Waals surface area contributed by atoms with E-state index in [1.807, 2.05) is 0 Å². The zero-order valence-corrected chi connectivity index (χ0v) is 8.44. The van der Waals surface area contributed by atoms with E-state index in [4.69, 9.17) is 21.1 Å². The molecule has 0 unspecified atom stereocenters. The average molecular weight is 223 g/mol. The Balaban J connectivity index is 3.24. The highest BCUT2D eigenvalue weighted by Crippen LogP contribution is 2.38. The largest absolute Gasteiger partial charge is 0.493 e. The molecule has 5 heteroatoms. The van der Waals surface area contributed by atoms with Gasteiger partial charge in [0.1, 0.15) is 0 Å². The molecule has 0 spiro atoms. The SMILES string of the molecule is COc1cc(C(F)F)cc(Cl)c1OC. The van der Waals surface area contributed by atoms with Crippen LogP contribution >= 0.6 is 11.6 Å². The summed E-state index contributed by atoms with van der Waals surface area (Å²) in [6, 6.07) is 2.36. The molecule has 0 fully saturated rings. The van der Waals surface area contributed by atoms with Crippen molar-refractivity contribution in [3.8, 4) is 11.5 Å². The summed E-state index contributed by atoms with van der Waals surface area (Å²) in [5, 5.41) is 0.113. The van der Waals surface area contributed by atoms with E-state index in [2.05, 4.69) is 0 Å². The van der Waals surface area contributed by atoms with Crippen LogP contribution in [0.25, 0.3) is 0 Å². The van der Waals surface area contributed by atoms with Crippen molar-refractivity contribution in [3.05, 3.63) is 22.7 Å². The predicted octanol–water partition coefficient (Wildman–Crippen LogP) is 3.29. The molecule has 0 bridgehead atoms. The van der Waals surface area contributed by atoms with Gasteiger partial charge < -0.3 is 9.47 Å². The van der Waals surface area contributed by atoms with Gasteiger partial charge in [0.25, 0.3) is 6.43 Å². The molecule has 0 amide bonds. The quantitative estimate of drug-likeness (QED) is 0.781. The van der Waals surface area contributed by atoms with Crippen molar-refractivity contribution >= 4 is 11.6 Å². The number of halogens is 3. The topological polar surface area (TPSA) is 18.5 Å². The van der Waals surface area contributed by atoms with Gasteiger partial charge >= 0.3 is 0 Å². The standard InChI is InChI=1S/C9H9ClF2O2/c1-13-7-4-5(9(11)12)3-6(10)8(7)14-2/h3-4,9H,1-2H3. The average Bonchev–Trinajstić information content (AvgIpc) is 2.16. The van der Waals surface area contributed by atoms with Crippen LogP contribution < -0.4 is 9.47 Å². The number of hydrogen-bond acceptors (Lipinski definition) is 2. The van der Waals surface area contributed by atoms with E-state index in [0.29, 0.717) is 0 Å². The minimum Gasteiger partial charge on any atom is -0.493 e. The third-order valence-electron chi connectivity index (χ3n) is 1.71. The van der Waals surface area contributed by atoms with E-state index in [1.54, 1.807) is 0 Å². The first-order valence-corrected chi connectivity index (χ1v) is 4.17. The Bertz CT molecular complexity index is 329. The Morgan fingerprint density at radius 2 is 1.86 bits per heavy atom. The molecule has 78 valence electrons. The third-order valence-corrected chi connectivity index (χ3v) is 1.99. The van der Waals surface area contributed by atoms with Crippen LogP contribution in [0.4, 0.5) is 8.78 Å².